The maximum absolute atomic E-state index is 10.4. The van der Waals surface area contributed by atoms with Gasteiger partial charge in [0.05, 0.1) is 6.10 Å². The molecule has 3 heteroatoms. The summed E-state index contributed by atoms with van der Waals surface area (Å²) in [6.07, 6.45) is 2.00. The molecule has 0 bridgehead atoms. The summed E-state index contributed by atoms with van der Waals surface area (Å²) in [4.78, 5) is 4.93. The van der Waals surface area contributed by atoms with Crippen molar-refractivity contribution in [2.75, 3.05) is 39.3 Å². The van der Waals surface area contributed by atoms with Crippen LogP contribution in [0.2, 0.25) is 0 Å². The Morgan fingerprint density at radius 2 is 1.38 bits per heavy atom. The van der Waals surface area contributed by atoms with E-state index in [2.05, 4.69) is 40.1 Å². The predicted octanol–water partition coefficient (Wildman–Crippen LogP) is 2.97. The van der Waals surface area contributed by atoms with Crippen molar-refractivity contribution in [3.05, 3.63) is 71.8 Å². The first kappa shape index (κ1) is 17.2. The van der Waals surface area contributed by atoms with Gasteiger partial charge in [0, 0.05) is 32.7 Å². The summed E-state index contributed by atoms with van der Waals surface area (Å²) >= 11 is 0. The number of β-amino-alcohol motifs (C(OH)–C–C–N with tert-alkyl or cyclic N) is 1. The molecule has 0 aromatic heterocycles. The molecule has 1 N–H and O–H groups in total. The van der Waals surface area contributed by atoms with Gasteiger partial charge in [0.15, 0.2) is 0 Å². The van der Waals surface area contributed by atoms with Crippen molar-refractivity contribution in [3.8, 4) is 0 Å². The number of benzene rings is 2. The molecule has 1 fully saturated rings. The minimum absolute atomic E-state index is 0.379. The fourth-order valence-electron chi connectivity index (χ4n) is 3.37. The zero-order valence-electron chi connectivity index (χ0n) is 14.3. The Kier molecular flexibility index (Phi) is 6.41. The molecule has 0 unspecified atom stereocenters. The summed E-state index contributed by atoms with van der Waals surface area (Å²) in [6.45, 7) is 6.23. The van der Waals surface area contributed by atoms with Crippen molar-refractivity contribution < 1.29 is 5.11 Å². The summed E-state index contributed by atoms with van der Waals surface area (Å²) in [5.74, 6) is 0. The molecule has 2 aromatic carbocycles. The standard InChI is InChI=1S/C21H28N2O/c24-21(20-11-5-2-6-12-20)18-23-16-14-22(15-17-23)13-7-10-19-8-3-1-4-9-19/h1-6,8-9,11-12,21,24H,7,10,13-18H2/t21-/m1/s1. The smallest absolute Gasteiger partial charge is 0.0916 e. The Morgan fingerprint density at radius 1 is 0.792 bits per heavy atom. The average molecular weight is 324 g/mol. The van der Waals surface area contributed by atoms with Crippen LogP contribution in [0.15, 0.2) is 60.7 Å². The molecule has 0 aliphatic carbocycles. The topological polar surface area (TPSA) is 26.7 Å². The third kappa shape index (κ3) is 5.17. The normalized spacial score (nSPS) is 17.7. The Morgan fingerprint density at radius 3 is 2.04 bits per heavy atom. The van der Waals surface area contributed by atoms with E-state index in [1.807, 2.05) is 30.3 Å². The predicted molar refractivity (Wildman–Crippen MR) is 99.0 cm³/mol. The third-order valence-electron chi connectivity index (χ3n) is 4.86. The highest BCUT2D eigenvalue weighted by atomic mass is 16.3. The second-order valence-corrected chi connectivity index (χ2v) is 6.66. The van der Waals surface area contributed by atoms with Gasteiger partial charge in [-0.1, -0.05) is 60.7 Å². The lowest BCUT2D eigenvalue weighted by molar-refractivity contribution is 0.0722. The Hall–Kier alpha value is -1.68. The van der Waals surface area contributed by atoms with Gasteiger partial charge in [-0.2, -0.15) is 0 Å². The van der Waals surface area contributed by atoms with Crippen LogP contribution in [0.1, 0.15) is 23.7 Å². The summed E-state index contributed by atoms with van der Waals surface area (Å²) < 4.78 is 0. The van der Waals surface area contributed by atoms with Gasteiger partial charge in [0.2, 0.25) is 0 Å². The summed E-state index contributed by atoms with van der Waals surface area (Å²) in [5.41, 5.74) is 2.45. The van der Waals surface area contributed by atoms with Gasteiger partial charge < -0.3 is 10.0 Å². The molecular formula is C21H28N2O. The molecule has 3 rings (SSSR count). The third-order valence-corrected chi connectivity index (χ3v) is 4.86. The SMILES string of the molecule is O[C@H](CN1CCN(CCCc2ccccc2)CC1)c1ccccc1. The minimum Gasteiger partial charge on any atom is -0.387 e. The van der Waals surface area contributed by atoms with E-state index in [1.54, 1.807) is 0 Å². The summed E-state index contributed by atoms with van der Waals surface area (Å²) in [5, 5.41) is 10.4. The van der Waals surface area contributed by atoms with E-state index in [9.17, 15) is 5.11 Å². The molecule has 1 saturated heterocycles. The molecular weight excluding hydrogens is 296 g/mol. The van der Waals surface area contributed by atoms with Gasteiger partial charge in [-0.3, -0.25) is 4.90 Å². The second kappa shape index (κ2) is 8.97. The van der Waals surface area contributed by atoms with Crippen molar-refractivity contribution in [3.63, 3.8) is 0 Å². The minimum atomic E-state index is -0.379. The van der Waals surface area contributed by atoms with Crippen molar-refractivity contribution in [2.24, 2.45) is 0 Å². The van der Waals surface area contributed by atoms with Crippen LogP contribution in [0, 0.1) is 0 Å². The first-order valence-electron chi connectivity index (χ1n) is 9.03. The lowest BCUT2D eigenvalue weighted by atomic mass is 10.1. The molecule has 0 spiro atoms. The number of aliphatic hydroxyl groups excluding tert-OH is 1. The van der Waals surface area contributed by atoms with Crippen LogP contribution in [0.3, 0.4) is 0 Å². The maximum atomic E-state index is 10.4. The second-order valence-electron chi connectivity index (χ2n) is 6.66. The molecule has 1 heterocycles. The van der Waals surface area contributed by atoms with Crippen molar-refractivity contribution >= 4 is 0 Å². The maximum Gasteiger partial charge on any atom is 0.0916 e. The van der Waals surface area contributed by atoms with Crippen molar-refractivity contribution in [2.45, 2.75) is 18.9 Å². The van der Waals surface area contributed by atoms with Crippen LogP contribution >= 0.6 is 0 Å². The first-order chi connectivity index (χ1) is 11.8. The molecule has 3 nitrogen and oxygen atoms in total. The number of rotatable bonds is 7. The number of aliphatic hydroxyl groups is 1. The molecule has 128 valence electrons. The van der Waals surface area contributed by atoms with Gasteiger partial charge in [0.25, 0.3) is 0 Å². The van der Waals surface area contributed by atoms with Crippen LogP contribution in [-0.4, -0.2) is 54.2 Å². The Labute approximate surface area is 145 Å². The zero-order valence-corrected chi connectivity index (χ0v) is 14.3. The fraction of sp³-hybridized carbons (Fsp3) is 0.429. The van der Waals surface area contributed by atoms with E-state index in [4.69, 9.17) is 0 Å². The quantitative estimate of drug-likeness (QED) is 0.848. The van der Waals surface area contributed by atoms with E-state index in [0.29, 0.717) is 0 Å². The van der Waals surface area contributed by atoms with Gasteiger partial charge in [0.1, 0.15) is 0 Å². The van der Waals surface area contributed by atoms with Crippen molar-refractivity contribution in [1.82, 2.24) is 9.80 Å². The van der Waals surface area contributed by atoms with Crippen LogP contribution < -0.4 is 0 Å². The number of hydrogen-bond acceptors (Lipinski definition) is 3. The fourth-order valence-corrected chi connectivity index (χ4v) is 3.37. The summed E-state index contributed by atoms with van der Waals surface area (Å²) in [7, 11) is 0. The van der Waals surface area contributed by atoms with Crippen LogP contribution in [0.5, 0.6) is 0 Å². The molecule has 0 amide bonds. The molecule has 1 aliphatic heterocycles. The van der Waals surface area contributed by atoms with E-state index >= 15 is 0 Å². The van der Waals surface area contributed by atoms with E-state index in [1.165, 1.54) is 18.5 Å². The van der Waals surface area contributed by atoms with Gasteiger partial charge in [-0.05, 0) is 30.5 Å². The lowest BCUT2D eigenvalue weighted by Gasteiger charge is -2.35. The molecule has 1 atom stereocenters. The van der Waals surface area contributed by atoms with E-state index in [0.717, 1.165) is 44.7 Å². The van der Waals surface area contributed by atoms with Crippen molar-refractivity contribution in [1.29, 1.82) is 0 Å². The van der Waals surface area contributed by atoms with Gasteiger partial charge in [-0.15, -0.1) is 0 Å². The molecule has 0 saturated carbocycles. The number of aryl methyl sites for hydroxylation is 1. The molecule has 1 aliphatic rings. The highest BCUT2D eigenvalue weighted by Crippen LogP contribution is 2.15. The molecule has 2 aromatic rings. The monoisotopic (exact) mass is 324 g/mol. The van der Waals surface area contributed by atoms with E-state index in [-0.39, 0.29) is 6.10 Å². The van der Waals surface area contributed by atoms with Crippen LogP contribution in [0.4, 0.5) is 0 Å². The highest BCUT2D eigenvalue weighted by Gasteiger charge is 2.19. The summed E-state index contributed by atoms with van der Waals surface area (Å²) in [6, 6.07) is 20.7. The van der Waals surface area contributed by atoms with Crippen LogP contribution in [-0.2, 0) is 6.42 Å². The number of piperazine rings is 1. The number of hydrogen-bond donors (Lipinski definition) is 1. The largest absolute Gasteiger partial charge is 0.387 e. The van der Waals surface area contributed by atoms with Crippen LogP contribution in [0.25, 0.3) is 0 Å². The molecule has 0 radical (unpaired) electrons. The molecule has 24 heavy (non-hydrogen) atoms. The Balaban J connectivity index is 1.35. The first-order valence-corrected chi connectivity index (χ1v) is 9.03. The lowest BCUT2D eigenvalue weighted by Crippen LogP contribution is -2.47. The Bertz CT molecular complexity index is 579. The highest BCUT2D eigenvalue weighted by molar-refractivity contribution is 5.17. The zero-order chi connectivity index (χ0) is 16.6. The van der Waals surface area contributed by atoms with E-state index < -0.39 is 0 Å². The van der Waals surface area contributed by atoms with Gasteiger partial charge in [-0.25, -0.2) is 0 Å². The van der Waals surface area contributed by atoms with Gasteiger partial charge >= 0.3 is 0 Å². The average Bonchev–Trinajstić information content (AvgIpc) is 2.65. The number of nitrogens with zero attached hydrogens (tertiary/aromatic N) is 2.